The lowest BCUT2D eigenvalue weighted by molar-refractivity contribution is -0.157. The number of primary amides is 1. The summed E-state index contributed by atoms with van der Waals surface area (Å²) in [5.74, 6) is -20.7. The summed E-state index contributed by atoms with van der Waals surface area (Å²) >= 11 is 0.744. The fraction of sp³-hybridized carbons (Fsp3) is 0.475. The van der Waals surface area contributed by atoms with Gasteiger partial charge in [-0.05, 0) is 133 Å². The molecular formula is C101H125F3N14O18S. The summed E-state index contributed by atoms with van der Waals surface area (Å²) in [4.78, 5) is 240. The molecule has 13 amide bonds. The fourth-order valence-electron chi connectivity index (χ4n) is 18.2. The molecule has 1 aromatic heterocycles. The first kappa shape index (κ1) is 104. The van der Waals surface area contributed by atoms with Crippen LogP contribution < -0.4 is 37.6 Å². The van der Waals surface area contributed by atoms with E-state index in [-0.39, 0.29) is 108 Å². The van der Waals surface area contributed by atoms with Crippen molar-refractivity contribution in [3.05, 3.63) is 203 Å². The number of nitrogens with two attached hydrogens (primary N) is 1. The van der Waals surface area contributed by atoms with Crippen LogP contribution in [0.1, 0.15) is 145 Å². The number of phenolic OH excluding ortho intramolecular Hbond substituents is 2. The van der Waals surface area contributed by atoms with Gasteiger partial charge in [0.05, 0.1) is 25.0 Å². The van der Waals surface area contributed by atoms with Crippen LogP contribution in [0.25, 0.3) is 10.9 Å². The molecule has 13 atom stereocenters. The number of ketones is 2. The van der Waals surface area contributed by atoms with Crippen LogP contribution in [0.4, 0.5) is 13.2 Å². The second-order valence-electron chi connectivity index (χ2n) is 36.7. The molecule has 0 radical (unpaired) electrons. The van der Waals surface area contributed by atoms with Gasteiger partial charge in [0.1, 0.15) is 78.0 Å². The van der Waals surface area contributed by atoms with Crippen molar-refractivity contribution in [3.63, 3.8) is 0 Å². The summed E-state index contributed by atoms with van der Waals surface area (Å²) < 4.78 is 51.2. The minimum Gasteiger partial charge on any atom is -0.508 e. The maximum absolute atomic E-state index is 16.0. The number of amides is 13. The second kappa shape index (κ2) is 49.2. The van der Waals surface area contributed by atoms with Gasteiger partial charge in [0.25, 0.3) is 0 Å². The number of H-pyrrole nitrogens is 1. The second-order valence-corrected chi connectivity index (χ2v) is 37.7. The number of morpholine rings is 1. The van der Waals surface area contributed by atoms with Crippen molar-refractivity contribution in [2.45, 2.75) is 223 Å². The number of unbranched alkanes of at least 4 members (excludes halogenated alkanes) is 1. The highest BCUT2D eigenvalue weighted by Crippen LogP contribution is 2.32. The van der Waals surface area contributed by atoms with Gasteiger partial charge in [0, 0.05) is 127 Å². The number of likely N-dealkylation sites (N-methyl/N-ethyl adjacent to an activating group) is 3. The zero-order valence-corrected chi connectivity index (χ0v) is 79.3. The summed E-state index contributed by atoms with van der Waals surface area (Å²) in [6.07, 6.45) is 0.366. The lowest BCUT2D eigenvalue weighted by Gasteiger charge is -2.40. The topological polar surface area (TPSA) is 439 Å². The number of phenols is 2. The van der Waals surface area contributed by atoms with E-state index in [9.17, 15) is 29.0 Å². The third-order valence-corrected chi connectivity index (χ3v) is 27.0. The Kier molecular flexibility index (Phi) is 37.5. The van der Waals surface area contributed by atoms with Crippen molar-refractivity contribution in [1.82, 2.24) is 66.3 Å². The number of Topliss-reactive ketones (excluding diaryl/α,β-unsaturated/α-hetero) is 2. The van der Waals surface area contributed by atoms with Crippen LogP contribution in [-0.2, 0) is 115 Å². The number of nitrogens with one attached hydrogen (secondary N) is 7. The number of aromatic nitrogens is 1. The number of fused-ring (bicyclic) bond motifs is 4. The number of rotatable bonds is 22. The number of hydrogen-bond donors (Lipinski definition) is 10. The van der Waals surface area contributed by atoms with E-state index in [1.54, 1.807) is 131 Å². The minimum absolute atomic E-state index is 0.0154. The molecule has 32 nitrogen and oxygen atoms in total. The molecule has 11 N–H and O–H groups in total. The Bertz CT molecular complexity index is 5440. The largest absolute Gasteiger partial charge is 0.508 e. The number of hydrogen-bond acceptors (Lipinski definition) is 19. The lowest BCUT2D eigenvalue weighted by Crippen LogP contribution is -2.62. The lowest BCUT2D eigenvalue weighted by atomic mass is 9.86. The molecule has 4 fully saturated rings. The molecule has 4 aliphatic heterocycles. The molecule has 36 heteroatoms. The molecule has 5 heterocycles. The van der Waals surface area contributed by atoms with Crippen LogP contribution >= 0.6 is 11.8 Å². The smallest absolute Gasteiger partial charge is 0.246 e. The molecule has 0 saturated carbocycles. The summed E-state index contributed by atoms with van der Waals surface area (Å²) in [5, 5.41) is 38.5. The van der Waals surface area contributed by atoms with Crippen molar-refractivity contribution in [2.24, 2.45) is 23.5 Å². The van der Waals surface area contributed by atoms with Crippen LogP contribution in [-0.4, -0.2) is 271 Å². The molecule has 0 aliphatic carbocycles. The zero-order chi connectivity index (χ0) is 99.0. The third-order valence-electron chi connectivity index (χ3n) is 26.0. The highest BCUT2D eigenvalue weighted by atomic mass is 32.2. The van der Waals surface area contributed by atoms with Crippen LogP contribution in [0, 0.1) is 35.2 Å². The Morgan fingerprint density at radius 3 is 1.64 bits per heavy atom. The predicted octanol–water partition coefficient (Wildman–Crippen LogP) is 6.79. The highest BCUT2D eigenvalue weighted by Gasteiger charge is 2.48. The predicted molar refractivity (Wildman–Crippen MR) is 505 cm³/mol. The Morgan fingerprint density at radius 2 is 1.01 bits per heavy atom. The molecule has 0 unspecified atom stereocenters. The Morgan fingerprint density at radius 1 is 0.496 bits per heavy atom. The molecule has 0 bridgehead atoms. The van der Waals surface area contributed by atoms with Gasteiger partial charge in [-0.2, -0.15) is 0 Å². The number of benzene rings is 6. The Labute approximate surface area is 799 Å². The average Bonchev–Trinajstić information content (AvgIpc) is 0.831. The van der Waals surface area contributed by atoms with Gasteiger partial charge >= 0.3 is 0 Å². The summed E-state index contributed by atoms with van der Waals surface area (Å²) in [6.45, 7) is 8.38. The van der Waals surface area contributed by atoms with Crippen molar-refractivity contribution >= 4 is 111 Å². The van der Waals surface area contributed by atoms with E-state index in [4.69, 9.17) is 10.5 Å². The van der Waals surface area contributed by atoms with Gasteiger partial charge < -0.3 is 87.0 Å². The monoisotopic (exact) mass is 1910 g/mol. The minimum atomic E-state index is -1.83. The van der Waals surface area contributed by atoms with Crippen molar-refractivity contribution in [3.8, 4) is 11.5 Å². The van der Waals surface area contributed by atoms with E-state index >= 15 is 66.3 Å². The van der Waals surface area contributed by atoms with Gasteiger partial charge in [-0.3, -0.25) is 71.9 Å². The molecule has 734 valence electrons. The first-order valence-corrected chi connectivity index (χ1v) is 48.0. The standard InChI is InChI=1S/C101H125F3N14O18S/c1-9-10-28-81-100(134)117-42-21-30-82(117)101(135)118-43-44-136-56-85(118)87(122)54-70(60(4)5)96(130)114(7)83(51-61-22-13-11-14-23-61)95(129)111-78(49-64-33-37-68(120)38-34-64)98(132)116-41-20-19-29-80(116)94(128)110-76(53-66-55-106-73-27-18-17-26-69(66)73)93(127)109-75(48-63-31-35-67(119)36-32-63)92(126)108-74(45-59(2)3)91(125)112-79(86(121)39-40-88(105)123)57-137-58-89(124)107-77(50-65-46-71(102)90(104)72(103)47-65)97(131)115(8)84(99(133)113(81)6)52-62-24-15-12-16-25-62/h11-18,22-27,31-38,46-47,55,59-60,70,74-85,106,119-120H,9-10,19-21,28-30,39-45,48-54,56-58H2,1-8H3,(H2,105,123)(H,107,124)(H,108,126)(H,109,127)(H,110,128)(H,111,129)(H,112,125)/t70-,74-,75-,76-,77-,78-,79-,80+,81-,82+,83-,84-,85-/m0/s1. The van der Waals surface area contributed by atoms with E-state index < -0.39 is 233 Å². The van der Waals surface area contributed by atoms with E-state index in [1.807, 2.05) is 6.92 Å². The molecule has 11 rings (SSSR count). The van der Waals surface area contributed by atoms with E-state index in [1.165, 1.54) is 82.0 Å². The number of thioether (sulfide) groups is 1. The van der Waals surface area contributed by atoms with Crippen molar-refractivity contribution < 1.29 is 100 Å². The quantitative estimate of drug-likeness (QED) is 0.0312. The molecular weight excluding hydrogens is 1790 g/mol. The molecule has 4 aliphatic rings. The molecule has 0 spiro atoms. The zero-order valence-electron chi connectivity index (χ0n) is 78.5. The number of nitrogens with zero attached hydrogens (tertiary/aromatic N) is 6. The Balaban J connectivity index is 0.991. The number of piperidine rings is 1. The molecule has 7 aromatic rings. The third kappa shape index (κ3) is 27.9. The maximum atomic E-state index is 16.0. The van der Waals surface area contributed by atoms with Crippen LogP contribution in [0.2, 0.25) is 0 Å². The van der Waals surface area contributed by atoms with Gasteiger partial charge in [0.2, 0.25) is 76.8 Å². The normalized spacial score (nSPS) is 24.0. The van der Waals surface area contributed by atoms with E-state index in [0.29, 0.717) is 83.0 Å². The SMILES string of the molecule is CCCC[C@H]1C(=O)N2CCC[C@@H]2C(=O)N2CCOC[C@H]2C(=O)C[C@@H](C(C)C)C(=O)N(C)[C@@H](Cc2ccccc2)C(=O)N[C@@H](Cc2ccc(O)cc2)C(=O)N2CCCC[C@@H]2C(=O)N[C@@H](Cc2c[nH]c3ccccc23)C(=O)N[C@@H](Cc2ccc(O)cc2)C(=O)N[C@@H](CC(C)C)C(=O)N[C@H](C(=O)CCC(N)=O)CSCC(=O)N[C@@H](Cc2cc(F)c(F)c(F)c2)C(=O)N(C)[C@@H](Cc2ccccc2)C(=O)N1C. The molecule has 6 aromatic carbocycles. The summed E-state index contributed by atoms with van der Waals surface area (Å²) in [7, 11) is 4.04. The summed E-state index contributed by atoms with van der Waals surface area (Å²) in [5.41, 5.74) is 8.37. The highest BCUT2D eigenvalue weighted by molar-refractivity contribution is 8.00. The van der Waals surface area contributed by atoms with Gasteiger partial charge in [-0.15, -0.1) is 11.8 Å². The van der Waals surface area contributed by atoms with Gasteiger partial charge in [-0.1, -0.05) is 151 Å². The van der Waals surface area contributed by atoms with E-state index in [0.717, 1.165) is 16.7 Å². The van der Waals surface area contributed by atoms with Gasteiger partial charge in [-0.25, -0.2) is 13.2 Å². The number of para-hydroxylation sites is 1. The van der Waals surface area contributed by atoms with Gasteiger partial charge in [0.15, 0.2) is 29.0 Å². The number of carbonyl (C=O) groups excluding carboxylic acids is 15. The van der Waals surface area contributed by atoms with E-state index in [2.05, 4.69) is 36.9 Å². The molecule has 137 heavy (non-hydrogen) atoms. The maximum Gasteiger partial charge on any atom is 0.246 e. The number of halogens is 3. The number of carbonyl (C=O) groups is 15. The first-order chi connectivity index (χ1) is 65.5. The van der Waals surface area contributed by atoms with Crippen LogP contribution in [0.15, 0.2) is 152 Å². The Hall–Kier alpha value is -13.0. The number of aromatic hydroxyl groups is 2. The van der Waals surface area contributed by atoms with Crippen molar-refractivity contribution in [1.29, 1.82) is 0 Å². The van der Waals surface area contributed by atoms with Crippen molar-refractivity contribution in [2.75, 3.05) is 65.5 Å². The first-order valence-electron chi connectivity index (χ1n) is 46.8. The van der Waals surface area contributed by atoms with Crippen LogP contribution in [0.3, 0.4) is 0 Å². The summed E-state index contributed by atoms with van der Waals surface area (Å²) in [6, 6.07) is 19.5. The number of ether oxygens (including phenoxy) is 1. The average molecular weight is 1910 g/mol. The fourth-order valence-corrected chi connectivity index (χ4v) is 19.1. The number of aromatic amines is 1. The molecule has 4 saturated heterocycles. The van der Waals surface area contributed by atoms with Crippen LogP contribution in [0.5, 0.6) is 11.5 Å².